The van der Waals surface area contributed by atoms with Gasteiger partial charge in [-0.25, -0.2) is 4.79 Å². The average molecular weight is 389 g/mol. The Morgan fingerprint density at radius 1 is 1.27 bits per heavy atom. The van der Waals surface area contributed by atoms with E-state index in [2.05, 4.69) is 10.6 Å². The zero-order chi connectivity index (χ0) is 20.2. The lowest BCUT2D eigenvalue weighted by Gasteiger charge is -2.25. The first-order valence-electron chi connectivity index (χ1n) is 8.75. The molecule has 8 heteroatoms. The van der Waals surface area contributed by atoms with Crippen LogP contribution in [0.2, 0.25) is 0 Å². The second kappa shape index (κ2) is 12.7. The van der Waals surface area contributed by atoms with Gasteiger partial charge < -0.3 is 26.8 Å². The van der Waals surface area contributed by atoms with E-state index in [1.807, 2.05) is 20.8 Å². The maximum absolute atomic E-state index is 12.0. The van der Waals surface area contributed by atoms with Crippen LogP contribution in [0.1, 0.15) is 47.0 Å². The Labute approximate surface area is 161 Å². The van der Waals surface area contributed by atoms with Crippen molar-refractivity contribution in [3.05, 3.63) is 23.4 Å². The van der Waals surface area contributed by atoms with Gasteiger partial charge in [-0.05, 0) is 31.5 Å². The van der Waals surface area contributed by atoms with Gasteiger partial charge in [0.05, 0.1) is 6.04 Å². The largest absolute Gasteiger partial charge is 0.446 e. The molecule has 0 aliphatic carbocycles. The molecule has 0 aliphatic rings. The topological polar surface area (TPSA) is 119 Å². The van der Waals surface area contributed by atoms with E-state index >= 15 is 0 Å². The molecule has 0 rings (SSSR count). The molecular weight excluding hydrogens is 356 g/mol. The molecule has 26 heavy (non-hydrogen) atoms. The van der Waals surface area contributed by atoms with Crippen molar-refractivity contribution in [3.63, 3.8) is 0 Å². The second-order valence-corrected chi connectivity index (χ2v) is 7.71. The van der Waals surface area contributed by atoms with Crippen molar-refractivity contribution in [2.45, 2.75) is 59.1 Å². The first-order valence-corrected chi connectivity index (χ1v) is 9.13. The Balaban J connectivity index is 4.56. The first kappa shape index (κ1) is 24.4. The van der Waals surface area contributed by atoms with Crippen LogP contribution in [0.15, 0.2) is 23.4 Å². The molecule has 0 heterocycles. The van der Waals surface area contributed by atoms with Crippen LogP contribution in [0.3, 0.4) is 0 Å². The summed E-state index contributed by atoms with van der Waals surface area (Å²) in [7, 11) is 0. The number of alkyl carbamates (subject to hydrolysis) is 1. The van der Waals surface area contributed by atoms with Crippen molar-refractivity contribution in [3.8, 4) is 0 Å². The summed E-state index contributed by atoms with van der Waals surface area (Å²) < 4.78 is 5.37. The molecule has 0 aromatic rings. The Kier molecular flexibility index (Phi) is 12.0. The van der Waals surface area contributed by atoms with Crippen LogP contribution in [-0.4, -0.2) is 37.2 Å². The Morgan fingerprint density at radius 3 is 2.46 bits per heavy atom. The summed E-state index contributed by atoms with van der Waals surface area (Å²) in [6, 6.07) is -0.616. The molecule has 0 aliphatic heterocycles. The highest BCUT2D eigenvalue weighted by atomic mass is 35.5. The molecule has 2 atom stereocenters. The van der Waals surface area contributed by atoms with Gasteiger partial charge in [-0.1, -0.05) is 44.5 Å². The highest BCUT2D eigenvalue weighted by molar-refractivity contribution is 6.29. The minimum absolute atomic E-state index is 0.262. The maximum Gasteiger partial charge on any atom is 0.407 e. The monoisotopic (exact) mass is 388 g/mol. The molecule has 0 saturated carbocycles. The van der Waals surface area contributed by atoms with E-state index in [9.17, 15) is 9.59 Å². The van der Waals surface area contributed by atoms with Gasteiger partial charge in [-0.15, -0.1) is 0 Å². The molecule has 0 bridgehead atoms. The SMILES string of the molecule is C/C(Cl)=C\C[C@@H](C/C=C\NC(=O)[C@@H](N)C(C)(C)C)OC(=O)NCCCN. The lowest BCUT2D eigenvalue weighted by Crippen LogP contribution is -2.47. The fourth-order valence-corrected chi connectivity index (χ4v) is 1.90. The normalized spacial score (nSPS) is 14.8. The van der Waals surface area contributed by atoms with Gasteiger partial charge in [-0.2, -0.15) is 0 Å². The molecule has 7 nitrogen and oxygen atoms in total. The number of carbonyl (C=O) groups excluding carboxylic acids is 2. The number of rotatable bonds is 10. The van der Waals surface area contributed by atoms with E-state index in [0.29, 0.717) is 37.4 Å². The molecule has 0 fully saturated rings. The van der Waals surface area contributed by atoms with Crippen LogP contribution in [0.5, 0.6) is 0 Å². The number of amides is 2. The summed E-state index contributed by atoms with van der Waals surface area (Å²) >= 11 is 5.84. The summed E-state index contributed by atoms with van der Waals surface area (Å²) in [5.74, 6) is -0.262. The average Bonchev–Trinajstić information content (AvgIpc) is 2.54. The minimum atomic E-state index is -0.616. The third kappa shape index (κ3) is 11.9. The molecule has 0 aromatic heterocycles. The van der Waals surface area contributed by atoms with E-state index in [-0.39, 0.29) is 11.3 Å². The zero-order valence-corrected chi connectivity index (χ0v) is 16.9. The van der Waals surface area contributed by atoms with Crippen molar-refractivity contribution in [2.24, 2.45) is 16.9 Å². The minimum Gasteiger partial charge on any atom is -0.446 e. The fraction of sp³-hybridized carbons (Fsp3) is 0.667. The predicted molar refractivity (Wildman–Crippen MR) is 106 cm³/mol. The summed E-state index contributed by atoms with van der Waals surface area (Å²) in [4.78, 5) is 23.7. The third-order valence-corrected chi connectivity index (χ3v) is 3.70. The summed E-state index contributed by atoms with van der Waals surface area (Å²) in [6.07, 6.45) is 5.70. The molecule has 0 radical (unpaired) electrons. The summed E-state index contributed by atoms with van der Waals surface area (Å²) in [5, 5.41) is 5.91. The van der Waals surface area contributed by atoms with E-state index in [1.54, 1.807) is 19.1 Å². The maximum atomic E-state index is 12.0. The second-order valence-electron chi connectivity index (χ2n) is 7.11. The summed E-state index contributed by atoms with van der Waals surface area (Å²) in [6.45, 7) is 8.41. The van der Waals surface area contributed by atoms with E-state index < -0.39 is 18.2 Å². The molecular formula is C18H33ClN4O3. The van der Waals surface area contributed by atoms with Gasteiger partial charge in [-0.3, -0.25) is 4.79 Å². The van der Waals surface area contributed by atoms with Gasteiger partial charge in [0.1, 0.15) is 6.10 Å². The lowest BCUT2D eigenvalue weighted by atomic mass is 9.87. The number of allylic oxidation sites excluding steroid dienone is 1. The molecule has 0 spiro atoms. The molecule has 0 saturated heterocycles. The molecule has 2 amide bonds. The van der Waals surface area contributed by atoms with E-state index in [4.69, 9.17) is 27.8 Å². The number of ether oxygens (including phenoxy) is 1. The zero-order valence-electron chi connectivity index (χ0n) is 16.2. The number of hydrogen-bond donors (Lipinski definition) is 4. The van der Waals surface area contributed by atoms with Crippen LogP contribution in [0.25, 0.3) is 0 Å². The predicted octanol–water partition coefficient (Wildman–Crippen LogP) is 2.36. The highest BCUT2D eigenvalue weighted by Gasteiger charge is 2.26. The summed E-state index contributed by atoms with van der Waals surface area (Å²) in [5.41, 5.74) is 10.9. The fourth-order valence-electron chi connectivity index (χ4n) is 1.82. The van der Waals surface area contributed by atoms with Crippen LogP contribution >= 0.6 is 11.6 Å². The van der Waals surface area contributed by atoms with Crippen LogP contribution in [0.4, 0.5) is 4.79 Å². The number of halogens is 1. The van der Waals surface area contributed by atoms with Crippen molar-refractivity contribution in [2.75, 3.05) is 13.1 Å². The van der Waals surface area contributed by atoms with Crippen molar-refractivity contribution < 1.29 is 14.3 Å². The van der Waals surface area contributed by atoms with Crippen molar-refractivity contribution in [1.29, 1.82) is 0 Å². The van der Waals surface area contributed by atoms with Crippen LogP contribution in [-0.2, 0) is 9.53 Å². The Morgan fingerprint density at radius 2 is 1.92 bits per heavy atom. The highest BCUT2D eigenvalue weighted by Crippen LogP contribution is 2.17. The van der Waals surface area contributed by atoms with Gasteiger partial charge in [0.2, 0.25) is 5.91 Å². The van der Waals surface area contributed by atoms with Crippen LogP contribution in [0, 0.1) is 5.41 Å². The number of nitrogens with one attached hydrogen (secondary N) is 2. The molecule has 6 N–H and O–H groups in total. The molecule has 0 unspecified atom stereocenters. The van der Waals surface area contributed by atoms with Gasteiger partial charge in [0, 0.05) is 24.4 Å². The number of hydrogen-bond acceptors (Lipinski definition) is 5. The van der Waals surface area contributed by atoms with Crippen molar-refractivity contribution >= 4 is 23.6 Å². The first-order chi connectivity index (χ1) is 12.1. The van der Waals surface area contributed by atoms with Gasteiger partial charge in [0.25, 0.3) is 0 Å². The van der Waals surface area contributed by atoms with Gasteiger partial charge >= 0.3 is 6.09 Å². The smallest absolute Gasteiger partial charge is 0.407 e. The molecule has 0 aromatic carbocycles. The number of nitrogens with two attached hydrogens (primary N) is 2. The lowest BCUT2D eigenvalue weighted by molar-refractivity contribution is -0.123. The van der Waals surface area contributed by atoms with Crippen molar-refractivity contribution in [1.82, 2.24) is 10.6 Å². The van der Waals surface area contributed by atoms with Crippen LogP contribution < -0.4 is 22.1 Å². The van der Waals surface area contributed by atoms with E-state index in [1.165, 1.54) is 6.20 Å². The van der Waals surface area contributed by atoms with E-state index in [0.717, 1.165) is 0 Å². The standard InChI is InChI=1S/C18H33ClN4O3/c1-13(19)8-9-14(26-17(25)23-12-6-10-20)7-5-11-22-16(24)15(21)18(2,3)4/h5,8,11,14-15H,6-7,9-10,12,20-21H2,1-4H3,(H,22,24)(H,23,25)/b11-5-,13-8+/t14-,15-/m1/s1. The Bertz CT molecular complexity index is 497. The Hall–Kier alpha value is -1.57. The third-order valence-electron chi connectivity index (χ3n) is 3.54. The quantitative estimate of drug-likeness (QED) is 0.428. The molecule has 150 valence electrons. The number of carbonyl (C=O) groups is 2. The van der Waals surface area contributed by atoms with Gasteiger partial charge in [0.15, 0.2) is 0 Å².